The van der Waals surface area contributed by atoms with Gasteiger partial charge < -0.3 is 0 Å². The lowest BCUT2D eigenvalue weighted by Crippen LogP contribution is -2.23. The summed E-state index contributed by atoms with van der Waals surface area (Å²) in [6.45, 7) is 0. The van der Waals surface area contributed by atoms with Crippen LogP contribution in [-0.4, -0.2) is 29.6 Å². The second-order valence-electron chi connectivity index (χ2n) is 4.65. The van der Waals surface area contributed by atoms with Gasteiger partial charge in [-0.1, -0.05) is 17.8 Å². The largest absolute Gasteiger partial charge is 0.368 e. The molecule has 114 valence electrons. The maximum absolute atomic E-state index is 12.1. The first kappa shape index (κ1) is 15.3. The van der Waals surface area contributed by atoms with E-state index in [0.29, 0.717) is 5.75 Å². The molecule has 2 aromatic heterocycles. The van der Waals surface area contributed by atoms with Crippen LogP contribution in [0.1, 0.15) is 5.56 Å². The summed E-state index contributed by atoms with van der Waals surface area (Å²) in [5.74, 6) is 0.703. The Kier molecular flexibility index (Phi) is 4.34. The van der Waals surface area contributed by atoms with E-state index in [-0.39, 0.29) is 5.69 Å². The Morgan fingerprint density at radius 3 is 2.68 bits per heavy atom. The van der Waals surface area contributed by atoms with Gasteiger partial charge in [0.25, 0.3) is 0 Å². The van der Waals surface area contributed by atoms with Crippen LogP contribution in [0.15, 0.2) is 40.3 Å². The molecular formula is C13H13IN6OS. The molecule has 0 saturated heterocycles. The minimum Gasteiger partial charge on any atom is -0.275 e. The second-order valence-corrected chi connectivity index (χ2v) is 6.81. The summed E-state index contributed by atoms with van der Waals surface area (Å²) in [5.41, 5.74) is 1.54. The van der Waals surface area contributed by atoms with E-state index in [2.05, 4.69) is 38.1 Å². The highest BCUT2D eigenvalue weighted by atomic mass is 127. The smallest absolute Gasteiger partial charge is 0.275 e. The van der Waals surface area contributed by atoms with Crippen molar-refractivity contribution < 1.29 is 0 Å². The van der Waals surface area contributed by atoms with Crippen LogP contribution in [-0.2, 0) is 19.8 Å². The first-order chi connectivity index (χ1) is 10.6. The van der Waals surface area contributed by atoms with Crippen LogP contribution in [0.2, 0.25) is 0 Å². The molecule has 1 aromatic carbocycles. The van der Waals surface area contributed by atoms with E-state index in [1.54, 1.807) is 23.5 Å². The molecule has 0 N–H and O–H groups in total. The predicted octanol–water partition coefficient (Wildman–Crippen LogP) is 1.60. The van der Waals surface area contributed by atoms with E-state index < -0.39 is 0 Å². The van der Waals surface area contributed by atoms with Gasteiger partial charge in [-0.2, -0.15) is 14.5 Å². The molecule has 3 rings (SSSR count). The van der Waals surface area contributed by atoms with Gasteiger partial charge in [-0.3, -0.25) is 4.68 Å². The number of hydrogen-bond acceptors (Lipinski definition) is 5. The number of halogens is 1. The summed E-state index contributed by atoms with van der Waals surface area (Å²) in [6.07, 6.45) is 1.91. The summed E-state index contributed by atoms with van der Waals surface area (Å²) in [7, 11) is 3.48. The fraction of sp³-hybridized carbons (Fsp3) is 0.231. The Morgan fingerprint density at radius 2 is 2.05 bits per heavy atom. The Balaban J connectivity index is 1.96. The molecule has 0 spiro atoms. The lowest BCUT2D eigenvalue weighted by molar-refractivity contribution is 0.692. The third-order valence-corrected chi connectivity index (χ3v) is 5.05. The van der Waals surface area contributed by atoms with Crippen molar-refractivity contribution in [2.75, 3.05) is 0 Å². The molecule has 0 radical (unpaired) electrons. The summed E-state index contributed by atoms with van der Waals surface area (Å²) < 4.78 is 5.40. The van der Waals surface area contributed by atoms with E-state index in [9.17, 15) is 4.79 Å². The number of tetrazole rings is 1. The molecule has 0 bridgehead atoms. The summed E-state index contributed by atoms with van der Waals surface area (Å²) >= 11 is 3.89. The number of thioether (sulfide) groups is 1. The Hall–Kier alpha value is -1.62. The van der Waals surface area contributed by atoms with Crippen molar-refractivity contribution in [3.63, 3.8) is 0 Å². The van der Waals surface area contributed by atoms with Gasteiger partial charge in [0, 0.05) is 35.2 Å². The van der Waals surface area contributed by atoms with E-state index in [4.69, 9.17) is 0 Å². The lowest BCUT2D eigenvalue weighted by Gasteiger charge is -2.09. The average Bonchev–Trinajstić information content (AvgIpc) is 3.05. The minimum atomic E-state index is -0.258. The maximum Gasteiger partial charge on any atom is 0.368 e. The molecule has 2 heterocycles. The fourth-order valence-corrected chi connectivity index (χ4v) is 3.84. The number of rotatable bonds is 4. The zero-order chi connectivity index (χ0) is 15.7. The normalized spacial score (nSPS) is 11.0. The Labute approximate surface area is 144 Å². The number of aryl methyl sites for hydroxylation is 2. The molecule has 0 unspecified atom stereocenters. The van der Waals surface area contributed by atoms with Crippen molar-refractivity contribution in [3.05, 3.63) is 50.1 Å². The zero-order valence-electron chi connectivity index (χ0n) is 12.0. The van der Waals surface area contributed by atoms with Gasteiger partial charge in [0.2, 0.25) is 0 Å². The van der Waals surface area contributed by atoms with Crippen molar-refractivity contribution in [1.29, 1.82) is 0 Å². The molecule has 3 aromatic rings. The van der Waals surface area contributed by atoms with Crippen LogP contribution >= 0.6 is 34.4 Å². The van der Waals surface area contributed by atoms with Crippen molar-refractivity contribution in [2.45, 2.75) is 10.8 Å². The molecule has 9 heteroatoms. The lowest BCUT2D eigenvalue weighted by atomic mass is 10.2. The second kappa shape index (κ2) is 6.24. The van der Waals surface area contributed by atoms with Gasteiger partial charge in [0.1, 0.15) is 5.03 Å². The van der Waals surface area contributed by atoms with Crippen LogP contribution in [0.25, 0.3) is 5.69 Å². The third kappa shape index (κ3) is 2.95. The van der Waals surface area contributed by atoms with E-state index in [0.717, 1.165) is 19.8 Å². The molecule has 7 nitrogen and oxygen atoms in total. The molecule has 0 aliphatic carbocycles. The van der Waals surface area contributed by atoms with Crippen molar-refractivity contribution >= 4 is 34.4 Å². The highest BCUT2D eigenvalue weighted by molar-refractivity contribution is 14.1. The van der Waals surface area contributed by atoms with Crippen LogP contribution in [0, 0.1) is 3.57 Å². The molecule has 0 fully saturated rings. The number of nitrogens with zero attached hydrogens (tertiary/aromatic N) is 6. The van der Waals surface area contributed by atoms with E-state index in [1.165, 1.54) is 9.36 Å². The van der Waals surface area contributed by atoms with E-state index >= 15 is 0 Å². The molecule has 0 atom stereocenters. The first-order valence-electron chi connectivity index (χ1n) is 6.45. The van der Waals surface area contributed by atoms with Crippen molar-refractivity contribution in [1.82, 2.24) is 29.6 Å². The van der Waals surface area contributed by atoms with Crippen molar-refractivity contribution in [2.24, 2.45) is 14.1 Å². The minimum absolute atomic E-state index is 0.258. The number of benzene rings is 1. The predicted molar refractivity (Wildman–Crippen MR) is 92.1 cm³/mol. The van der Waals surface area contributed by atoms with E-state index in [1.807, 2.05) is 37.5 Å². The highest BCUT2D eigenvalue weighted by Crippen LogP contribution is 2.27. The Morgan fingerprint density at radius 1 is 1.23 bits per heavy atom. The molecule has 22 heavy (non-hydrogen) atoms. The zero-order valence-corrected chi connectivity index (χ0v) is 14.9. The standard InChI is InChI=1S/C13H13IN6OS/c1-18-7-6-12(15-18)22-8-9-10(14)4-3-5-11(9)20-13(21)19(2)16-17-20/h3-7H,8H2,1-2H3. The number of hydrogen-bond donors (Lipinski definition) is 0. The van der Waals surface area contributed by atoms with Gasteiger partial charge >= 0.3 is 5.69 Å². The van der Waals surface area contributed by atoms with Gasteiger partial charge in [-0.05, 0) is 51.2 Å². The molecule has 0 saturated carbocycles. The topological polar surface area (TPSA) is 70.5 Å². The Bertz CT molecular complexity index is 868. The van der Waals surface area contributed by atoms with Gasteiger partial charge in [0.15, 0.2) is 0 Å². The molecule has 0 aliphatic rings. The van der Waals surface area contributed by atoms with Crippen LogP contribution in [0.4, 0.5) is 0 Å². The summed E-state index contributed by atoms with van der Waals surface area (Å²) in [6, 6.07) is 7.77. The molecule has 0 aliphatic heterocycles. The number of aromatic nitrogens is 6. The van der Waals surface area contributed by atoms with Gasteiger partial charge in [-0.25, -0.2) is 4.79 Å². The quantitative estimate of drug-likeness (QED) is 0.467. The summed E-state index contributed by atoms with van der Waals surface area (Å²) in [4.78, 5) is 12.1. The summed E-state index contributed by atoms with van der Waals surface area (Å²) in [5, 5.41) is 13.0. The monoisotopic (exact) mass is 428 g/mol. The first-order valence-corrected chi connectivity index (χ1v) is 8.52. The SMILES string of the molecule is Cn1ccc(SCc2c(I)cccc2-n2nnn(C)c2=O)n1. The highest BCUT2D eigenvalue weighted by Gasteiger charge is 2.14. The fourth-order valence-electron chi connectivity index (χ4n) is 1.97. The third-order valence-electron chi connectivity index (χ3n) is 3.10. The molecular weight excluding hydrogens is 415 g/mol. The van der Waals surface area contributed by atoms with Gasteiger partial charge in [-0.15, -0.1) is 0 Å². The van der Waals surface area contributed by atoms with Crippen LogP contribution in [0.5, 0.6) is 0 Å². The average molecular weight is 428 g/mol. The maximum atomic E-state index is 12.1. The van der Waals surface area contributed by atoms with Crippen molar-refractivity contribution in [3.8, 4) is 5.69 Å². The van der Waals surface area contributed by atoms with Crippen LogP contribution in [0.3, 0.4) is 0 Å². The van der Waals surface area contributed by atoms with Gasteiger partial charge in [0.05, 0.1) is 5.69 Å². The molecule has 0 amide bonds. The van der Waals surface area contributed by atoms with Crippen LogP contribution < -0.4 is 5.69 Å².